The first-order chi connectivity index (χ1) is 12.1. The third kappa shape index (κ3) is 4.51. The Morgan fingerprint density at radius 1 is 1.08 bits per heavy atom. The van der Waals surface area contributed by atoms with Gasteiger partial charge in [0.2, 0.25) is 0 Å². The van der Waals surface area contributed by atoms with Gasteiger partial charge in [-0.05, 0) is 31.0 Å². The summed E-state index contributed by atoms with van der Waals surface area (Å²) in [6.45, 7) is 0.574. The fourth-order valence-corrected chi connectivity index (χ4v) is 2.94. The molecule has 0 aliphatic heterocycles. The number of aryl methyl sites for hydroxylation is 1. The van der Waals surface area contributed by atoms with Crippen molar-refractivity contribution in [2.45, 2.75) is 25.8 Å². The standard InChI is InChI=1S/C19H18ClN3O2.BrH/c20-14-10-8-13(9-11-14)18-15-5-1-2-6-16(15)19(21)23(22-18)12-4-3-7-17(24)25;/h1-2,5-6,8-11,21H,3-4,7,12H2,(H,24,25);1H. The zero-order chi connectivity index (χ0) is 17.8. The molecule has 0 bridgehead atoms. The molecule has 3 aromatic rings. The maximum absolute atomic E-state index is 10.7. The van der Waals surface area contributed by atoms with Gasteiger partial charge in [-0.3, -0.25) is 10.5 Å². The molecular weight excluding hydrogens is 418 g/mol. The van der Waals surface area contributed by atoms with Gasteiger partial charge in [0.15, 0.2) is 0 Å². The van der Waals surface area contributed by atoms with Crippen molar-refractivity contribution >= 4 is 34.2 Å². The van der Waals surface area contributed by atoms with E-state index in [0.29, 0.717) is 30.2 Å². The molecule has 0 saturated carbocycles. The van der Waals surface area contributed by atoms with Crippen LogP contribution in [0.3, 0.4) is 0 Å². The van der Waals surface area contributed by atoms with Crippen LogP contribution in [0.1, 0.15) is 19.3 Å². The van der Waals surface area contributed by atoms with Gasteiger partial charge in [0.05, 0.1) is 5.39 Å². The van der Waals surface area contributed by atoms with Crippen LogP contribution in [0.25, 0.3) is 22.0 Å². The van der Waals surface area contributed by atoms with E-state index >= 15 is 0 Å². The van der Waals surface area contributed by atoms with E-state index in [1.165, 1.54) is 0 Å². The minimum absolute atomic E-state index is 0. The number of unbranched alkanes of at least 4 members (excludes halogenated alkanes) is 1. The van der Waals surface area contributed by atoms with Crippen LogP contribution in [0.2, 0.25) is 5.02 Å². The number of fused-ring (bicyclic) bond motifs is 1. The Labute approximate surface area is 167 Å². The van der Waals surface area contributed by atoms with Crippen LogP contribution < -0.4 is 27.4 Å². The normalized spacial score (nSPS) is 10.5. The summed E-state index contributed by atoms with van der Waals surface area (Å²) in [6.07, 6.45) is 1.44. The number of aliphatic carboxylic acids is 1. The SMILES string of the molecule is Nc1c2ccccc2c(-c2ccc(Cl)cc2)n[n+]1CCCCC(=O)O.[Br-]. The van der Waals surface area contributed by atoms with Gasteiger partial charge in [0.1, 0.15) is 12.2 Å². The van der Waals surface area contributed by atoms with Gasteiger partial charge >= 0.3 is 11.8 Å². The molecule has 0 fully saturated rings. The molecule has 26 heavy (non-hydrogen) atoms. The summed E-state index contributed by atoms with van der Waals surface area (Å²) in [6, 6.07) is 15.4. The second kappa shape index (κ2) is 8.96. The number of rotatable bonds is 6. The van der Waals surface area contributed by atoms with E-state index in [-0.39, 0.29) is 23.4 Å². The van der Waals surface area contributed by atoms with Crippen LogP contribution in [0.4, 0.5) is 5.82 Å². The number of hydrogen-bond acceptors (Lipinski definition) is 3. The van der Waals surface area contributed by atoms with Crippen molar-refractivity contribution in [2.24, 2.45) is 0 Å². The average Bonchev–Trinajstić information content (AvgIpc) is 2.61. The first kappa shape index (κ1) is 20.1. The molecule has 0 saturated heterocycles. The number of nitrogen functional groups attached to an aromatic ring is 1. The lowest BCUT2D eigenvalue weighted by molar-refractivity contribution is -0.738. The lowest BCUT2D eigenvalue weighted by atomic mass is 10.0. The second-order valence-corrected chi connectivity index (χ2v) is 6.30. The Balaban J connectivity index is 0.00000243. The number of carboxylic acids is 1. The van der Waals surface area contributed by atoms with E-state index in [0.717, 1.165) is 22.0 Å². The van der Waals surface area contributed by atoms with Crippen LogP contribution in [-0.4, -0.2) is 16.2 Å². The van der Waals surface area contributed by atoms with E-state index in [9.17, 15) is 4.79 Å². The number of hydrogen-bond donors (Lipinski definition) is 2. The van der Waals surface area contributed by atoms with Gasteiger partial charge in [-0.2, -0.15) is 0 Å². The van der Waals surface area contributed by atoms with Crippen molar-refractivity contribution in [3.63, 3.8) is 0 Å². The first-order valence-electron chi connectivity index (χ1n) is 8.12. The number of aromatic nitrogens is 2. The number of nitrogens with two attached hydrogens (primary N) is 1. The average molecular weight is 437 g/mol. The Kier molecular flexibility index (Phi) is 6.94. The molecule has 0 radical (unpaired) electrons. The molecule has 0 amide bonds. The lowest BCUT2D eigenvalue weighted by Crippen LogP contribution is -3.00. The molecule has 5 nitrogen and oxygen atoms in total. The van der Waals surface area contributed by atoms with Crippen molar-refractivity contribution in [3.05, 3.63) is 53.6 Å². The summed E-state index contributed by atoms with van der Waals surface area (Å²) in [7, 11) is 0. The highest BCUT2D eigenvalue weighted by Gasteiger charge is 2.17. The van der Waals surface area contributed by atoms with Crippen molar-refractivity contribution in [1.29, 1.82) is 0 Å². The van der Waals surface area contributed by atoms with Crippen molar-refractivity contribution in [1.82, 2.24) is 5.10 Å². The van der Waals surface area contributed by atoms with Gasteiger partial charge in [-0.25, -0.2) is 0 Å². The van der Waals surface area contributed by atoms with Gasteiger partial charge < -0.3 is 22.1 Å². The molecule has 0 spiro atoms. The molecule has 0 atom stereocenters. The van der Waals surface area contributed by atoms with Gasteiger partial charge in [0.25, 0.3) is 0 Å². The highest BCUT2D eigenvalue weighted by Crippen LogP contribution is 2.28. The van der Waals surface area contributed by atoms with E-state index in [1.54, 1.807) is 4.68 Å². The van der Waals surface area contributed by atoms with E-state index in [2.05, 4.69) is 0 Å². The van der Waals surface area contributed by atoms with Crippen molar-refractivity contribution in [2.75, 3.05) is 5.73 Å². The fraction of sp³-hybridized carbons (Fsp3) is 0.211. The summed E-state index contributed by atoms with van der Waals surface area (Å²) in [5, 5.41) is 16.1. The molecule has 3 N–H and O–H groups in total. The smallest absolute Gasteiger partial charge is 0.303 e. The molecule has 0 unspecified atom stereocenters. The largest absolute Gasteiger partial charge is 1.00 e. The van der Waals surface area contributed by atoms with Crippen molar-refractivity contribution < 1.29 is 31.6 Å². The molecule has 0 aliphatic rings. The minimum atomic E-state index is -0.786. The topological polar surface area (TPSA) is 80.1 Å². The quantitative estimate of drug-likeness (QED) is 0.440. The molecule has 0 aliphatic carbocycles. The third-order valence-corrected chi connectivity index (χ3v) is 4.34. The van der Waals surface area contributed by atoms with Crippen LogP contribution in [-0.2, 0) is 11.3 Å². The van der Waals surface area contributed by atoms with Crippen LogP contribution in [0.15, 0.2) is 48.5 Å². The van der Waals surface area contributed by atoms with Crippen LogP contribution in [0.5, 0.6) is 0 Å². The zero-order valence-electron chi connectivity index (χ0n) is 14.0. The Morgan fingerprint density at radius 3 is 2.38 bits per heavy atom. The number of nitrogens with zero attached hydrogens (tertiary/aromatic N) is 2. The van der Waals surface area contributed by atoms with Crippen molar-refractivity contribution in [3.8, 4) is 11.3 Å². The molecule has 2 aromatic carbocycles. The Morgan fingerprint density at radius 2 is 1.73 bits per heavy atom. The zero-order valence-corrected chi connectivity index (χ0v) is 16.4. The fourth-order valence-electron chi connectivity index (χ4n) is 2.81. The molecule has 3 rings (SSSR count). The number of benzene rings is 2. The molecule has 1 aromatic heterocycles. The summed E-state index contributed by atoms with van der Waals surface area (Å²) in [5.74, 6) is -0.199. The summed E-state index contributed by atoms with van der Waals surface area (Å²) < 4.78 is 1.76. The number of halogens is 2. The third-order valence-electron chi connectivity index (χ3n) is 4.09. The summed E-state index contributed by atoms with van der Waals surface area (Å²) in [5.41, 5.74) is 8.09. The first-order valence-corrected chi connectivity index (χ1v) is 8.50. The highest BCUT2D eigenvalue weighted by atomic mass is 79.9. The number of anilines is 1. The monoisotopic (exact) mass is 435 g/mol. The second-order valence-electron chi connectivity index (χ2n) is 5.86. The van der Waals surface area contributed by atoms with Crippen LogP contribution >= 0.6 is 11.6 Å². The van der Waals surface area contributed by atoms with Gasteiger partial charge in [-0.1, -0.05) is 47.0 Å². The predicted octanol–water partition coefficient (Wildman–Crippen LogP) is 0.684. The molecule has 136 valence electrons. The molecular formula is C19H19BrClN3O2. The Bertz CT molecular complexity index is 917. The minimum Gasteiger partial charge on any atom is -1.00 e. The number of carboxylic acid groups (broad SMARTS) is 1. The van der Waals surface area contributed by atoms with Gasteiger partial charge in [0, 0.05) is 22.4 Å². The molecule has 7 heteroatoms. The van der Waals surface area contributed by atoms with E-state index < -0.39 is 5.97 Å². The highest BCUT2D eigenvalue weighted by molar-refractivity contribution is 6.30. The predicted molar refractivity (Wildman–Crippen MR) is 98.3 cm³/mol. The molecule has 1 heterocycles. The van der Waals surface area contributed by atoms with Gasteiger partial charge in [-0.15, -0.1) is 4.68 Å². The van der Waals surface area contributed by atoms with Crippen LogP contribution in [0, 0.1) is 0 Å². The number of carbonyl (C=O) groups is 1. The summed E-state index contributed by atoms with van der Waals surface area (Å²) >= 11 is 5.99. The lowest BCUT2D eigenvalue weighted by Gasteiger charge is -2.10. The maximum atomic E-state index is 10.7. The maximum Gasteiger partial charge on any atom is 0.303 e. The Hall–Kier alpha value is -2.18. The van der Waals surface area contributed by atoms with E-state index in [1.807, 2.05) is 48.5 Å². The summed E-state index contributed by atoms with van der Waals surface area (Å²) in [4.78, 5) is 10.7. The van der Waals surface area contributed by atoms with E-state index in [4.69, 9.17) is 27.5 Å².